The minimum Gasteiger partial charge on any atom is -0.389 e. The van der Waals surface area contributed by atoms with Crippen molar-refractivity contribution in [3.8, 4) is 0 Å². The Morgan fingerprint density at radius 2 is 2.12 bits per heavy atom. The van der Waals surface area contributed by atoms with Gasteiger partial charge in [0.05, 0.1) is 16.8 Å². The number of rotatable bonds is 2. The van der Waals surface area contributed by atoms with Crippen LogP contribution in [0.2, 0.25) is 5.02 Å². The quantitative estimate of drug-likeness (QED) is 0.870. The topological polar surface area (TPSA) is 23.5 Å². The lowest BCUT2D eigenvalue weighted by molar-refractivity contribution is 0.199. The van der Waals surface area contributed by atoms with Gasteiger partial charge in [-0.25, -0.2) is 0 Å². The molecule has 1 atom stereocenters. The molecule has 17 heavy (non-hydrogen) atoms. The van der Waals surface area contributed by atoms with Gasteiger partial charge in [0.1, 0.15) is 0 Å². The molecule has 0 radical (unpaired) electrons. The Morgan fingerprint density at radius 1 is 1.41 bits per heavy atom. The number of aliphatic hydroxyl groups is 1. The number of hydrogen-bond donors (Lipinski definition) is 1. The zero-order valence-electron chi connectivity index (χ0n) is 10.7. The molecular weight excluding hydrogens is 234 g/mol. The van der Waals surface area contributed by atoms with E-state index in [2.05, 4.69) is 18.7 Å². The summed E-state index contributed by atoms with van der Waals surface area (Å²) in [4.78, 5) is 2.33. The molecule has 0 amide bonds. The van der Waals surface area contributed by atoms with Crippen molar-refractivity contribution in [3.05, 3.63) is 28.8 Å². The lowest BCUT2D eigenvalue weighted by atomic mass is 9.93. The molecule has 1 aromatic rings. The van der Waals surface area contributed by atoms with E-state index in [-0.39, 0.29) is 0 Å². The van der Waals surface area contributed by atoms with E-state index in [0.29, 0.717) is 5.41 Å². The van der Waals surface area contributed by atoms with Gasteiger partial charge in [-0.05, 0) is 36.5 Å². The lowest BCUT2D eigenvalue weighted by Crippen LogP contribution is -2.22. The molecule has 1 aromatic carbocycles. The number of benzene rings is 1. The molecule has 3 heteroatoms. The first-order chi connectivity index (χ1) is 7.89. The second kappa shape index (κ2) is 4.51. The molecule has 94 valence electrons. The predicted octanol–water partition coefficient (Wildman–Crippen LogP) is 3.63. The number of anilines is 1. The third kappa shape index (κ3) is 2.75. The van der Waals surface area contributed by atoms with Crippen molar-refractivity contribution in [1.29, 1.82) is 0 Å². The number of halogens is 1. The van der Waals surface area contributed by atoms with Crippen LogP contribution in [0.3, 0.4) is 0 Å². The minimum absolute atomic E-state index is 0.367. The highest BCUT2D eigenvalue weighted by molar-refractivity contribution is 6.33. The van der Waals surface area contributed by atoms with Gasteiger partial charge in [0.25, 0.3) is 0 Å². The zero-order valence-corrected chi connectivity index (χ0v) is 11.5. The third-order valence-electron chi connectivity index (χ3n) is 3.47. The highest BCUT2D eigenvalue weighted by atomic mass is 35.5. The molecule has 1 aliphatic heterocycles. The minimum atomic E-state index is -0.462. The molecule has 1 saturated heterocycles. The van der Waals surface area contributed by atoms with Gasteiger partial charge in [-0.15, -0.1) is 0 Å². The van der Waals surface area contributed by atoms with E-state index < -0.39 is 6.10 Å². The molecule has 1 aliphatic rings. The van der Waals surface area contributed by atoms with E-state index in [4.69, 9.17) is 11.6 Å². The third-order valence-corrected chi connectivity index (χ3v) is 3.77. The van der Waals surface area contributed by atoms with E-state index in [9.17, 15) is 5.11 Å². The van der Waals surface area contributed by atoms with Crippen LogP contribution in [0.15, 0.2) is 18.2 Å². The number of nitrogens with zero attached hydrogens (tertiary/aromatic N) is 1. The Balaban J connectivity index is 2.23. The van der Waals surface area contributed by atoms with Crippen LogP contribution in [0.4, 0.5) is 5.69 Å². The maximum absolute atomic E-state index is 9.52. The van der Waals surface area contributed by atoms with Crippen LogP contribution in [0.5, 0.6) is 0 Å². The number of hydrogen-bond acceptors (Lipinski definition) is 2. The summed E-state index contributed by atoms with van der Waals surface area (Å²) in [7, 11) is 0. The van der Waals surface area contributed by atoms with Gasteiger partial charge in [0.2, 0.25) is 0 Å². The van der Waals surface area contributed by atoms with Crippen molar-refractivity contribution in [2.45, 2.75) is 33.3 Å². The van der Waals surface area contributed by atoms with Crippen molar-refractivity contribution in [1.82, 2.24) is 0 Å². The monoisotopic (exact) mass is 253 g/mol. The van der Waals surface area contributed by atoms with Gasteiger partial charge in [-0.2, -0.15) is 0 Å². The van der Waals surface area contributed by atoms with Crippen LogP contribution in [-0.2, 0) is 0 Å². The van der Waals surface area contributed by atoms with Crippen molar-refractivity contribution < 1.29 is 5.11 Å². The molecule has 1 N–H and O–H groups in total. The van der Waals surface area contributed by atoms with E-state index >= 15 is 0 Å². The standard InChI is InChI=1S/C14H20ClNO/c1-10(17)11-4-5-13(12(15)8-11)16-7-6-14(2,3)9-16/h4-5,8,10,17H,6-7,9H2,1-3H3. The van der Waals surface area contributed by atoms with E-state index in [0.717, 1.165) is 29.4 Å². The largest absolute Gasteiger partial charge is 0.389 e. The van der Waals surface area contributed by atoms with Gasteiger partial charge >= 0.3 is 0 Å². The van der Waals surface area contributed by atoms with Gasteiger partial charge in [0, 0.05) is 13.1 Å². The second-order valence-corrected chi connectivity index (χ2v) is 6.13. The molecular formula is C14H20ClNO. The molecule has 2 nitrogen and oxygen atoms in total. The SMILES string of the molecule is CC(O)c1ccc(N2CCC(C)(C)C2)c(Cl)c1. The van der Waals surface area contributed by atoms with Crippen molar-refractivity contribution in [2.24, 2.45) is 5.41 Å². The Bertz CT molecular complexity index is 415. The first-order valence-corrected chi connectivity index (χ1v) is 6.49. The molecule has 1 heterocycles. The Morgan fingerprint density at radius 3 is 2.59 bits per heavy atom. The van der Waals surface area contributed by atoms with Gasteiger partial charge in [-0.1, -0.05) is 31.5 Å². The average Bonchev–Trinajstić information content (AvgIpc) is 2.58. The molecule has 0 aromatic heterocycles. The average molecular weight is 254 g/mol. The van der Waals surface area contributed by atoms with E-state index in [1.54, 1.807) is 6.92 Å². The Labute approximate surface area is 108 Å². The highest BCUT2D eigenvalue weighted by Crippen LogP contribution is 2.36. The summed E-state index contributed by atoms with van der Waals surface area (Å²) in [6.07, 6.45) is 0.734. The highest BCUT2D eigenvalue weighted by Gasteiger charge is 2.30. The molecule has 1 unspecified atom stereocenters. The summed E-state index contributed by atoms with van der Waals surface area (Å²) < 4.78 is 0. The van der Waals surface area contributed by atoms with Crippen molar-refractivity contribution in [2.75, 3.05) is 18.0 Å². The number of aliphatic hydroxyl groups excluding tert-OH is 1. The van der Waals surface area contributed by atoms with Crippen LogP contribution >= 0.6 is 11.6 Å². The first-order valence-electron chi connectivity index (χ1n) is 6.11. The Hall–Kier alpha value is -0.730. The summed E-state index contributed by atoms with van der Waals surface area (Å²) in [5.41, 5.74) is 2.32. The maximum atomic E-state index is 9.52. The second-order valence-electron chi connectivity index (χ2n) is 5.72. The summed E-state index contributed by atoms with van der Waals surface area (Å²) >= 11 is 6.29. The molecule has 1 fully saturated rings. The van der Waals surface area contributed by atoms with Crippen LogP contribution in [-0.4, -0.2) is 18.2 Å². The van der Waals surface area contributed by atoms with Crippen molar-refractivity contribution >= 4 is 17.3 Å². The summed E-state index contributed by atoms with van der Waals surface area (Å²) in [6, 6.07) is 5.84. The lowest BCUT2D eigenvalue weighted by Gasteiger charge is -2.23. The maximum Gasteiger partial charge on any atom is 0.0762 e. The molecule has 2 rings (SSSR count). The smallest absolute Gasteiger partial charge is 0.0762 e. The molecule has 0 spiro atoms. The Kier molecular flexibility index (Phi) is 3.37. The van der Waals surface area contributed by atoms with Gasteiger partial charge in [-0.3, -0.25) is 0 Å². The van der Waals surface area contributed by atoms with E-state index in [1.807, 2.05) is 18.2 Å². The fourth-order valence-electron chi connectivity index (χ4n) is 2.36. The van der Waals surface area contributed by atoms with E-state index in [1.165, 1.54) is 6.42 Å². The van der Waals surface area contributed by atoms with Crippen LogP contribution < -0.4 is 4.90 Å². The van der Waals surface area contributed by atoms with Gasteiger partial charge in [0.15, 0.2) is 0 Å². The van der Waals surface area contributed by atoms with Crippen LogP contribution in [0, 0.1) is 5.41 Å². The van der Waals surface area contributed by atoms with Crippen molar-refractivity contribution in [3.63, 3.8) is 0 Å². The van der Waals surface area contributed by atoms with Crippen LogP contribution in [0.1, 0.15) is 38.9 Å². The zero-order chi connectivity index (χ0) is 12.6. The first kappa shape index (κ1) is 12.7. The fourth-order valence-corrected chi connectivity index (χ4v) is 2.67. The fraction of sp³-hybridized carbons (Fsp3) is 0.571. The normalized spacial score (nSPS) is 20.6. The summed E-state index contributed by atoms with van der Waals surface area (Å²) in [5, 5.41) is 10.3. The predicted molar refractivity (Wildman–Crippen MR) is 72.7 cm³/mol. The summed E-state index contributed by atoms with van der Waals surface area (Å²) in [6.45, 7) is 8.42. The molecule has 0 bridgehead atoms. The molecule has 0 aliphatic carbocycles. The molecule has 0 saturated carbocycles. The van der Waals surface area contributed by atoms with Gasteiger partial charge < -0.3 is 10.0 Å². The summed E-state index contributed by atoms with van der Waals surface area (Å²) in [5.74, 6) is 0. The van der Waals surface area contributed by atoms with Crippen LogP contribution in [0.25, 0.3) is 0 Å².